The molecule has 10 heteroatoms. The van der Waals surface area contributed by atoms with Crippen LogP contribution in [-0.4, -0.2) is 63.5 Å². The highest BCUT2D eigenvalue weighted by molar-refractivity contribution is 5.82. The van der Waals surface area contributed by atoms with Crippen LogP contribution < -0.4 is 5.73 Å². The standard InChI is InChI=1S/C15H22N6O4/c1-15(2,3)25-14(22)20-9-7-19(8-10-20)13(16)18-12-11(21(23)24)5-4-6-17-12/h4-6H,7-10H2,1-3H3,(H2,16,17,18). The van der Waals surface area contributed by atoms with E-state index in [-0.39, 0.29) is 23.6 Å². The molecular formula is C15H22N6O4. The molecule has 0 radical (unpaired) electrons. The maximum atomic E-state index is 12.0. The second kappa shape index (κ2) is 7.32. The topological polar surface area (TPSA) is 127 Å². The Morgan fingerprint density at radius 3 is 2.48 bits per heavy atom. The third kappa shape index (κ3) is 5.03. The van der Waals surface area contributed by atoms with Gasteiger partial charge in [-0.1, -0.05) is 0 Å². The summed E-state index contributed by atoms with van der Waals surface area (Å²) in [6, 6.07) is 2.78. The molecule has 0 bridgehead atoms. The van der Waals surface area contributed by atoms with Crippen molar-refractivity contribution in [2.24, 2.45) is 10.7 Å². The SMILES string of the molecule is CC(C)(C)OC(=O)N1CCN(/C(N)=N/c2ncccc2[N+](=O)[O-])CC1. The van der Waals surface area contributed by atoms with Gasteiger partial charge in [-0.25, -0.2) is 9.78 Å². The van der Waals surface area contributed by atoms with E-state index in [9.17, 15) is 14.9 Å². The molecule has 1 aliphatic heterocycles. The van der Waals surface area contributed by atoms with Crippen molar-refractivity contribution in [3.63, 3.8) is 0 Å². The Labute approximate surface area is 145 Å². The normalized spacial score (nSPS) is 15.9. The molecular weight excluding hydrogens is 328 g/mol. The summed E-state index contributed by atoms with van der Waals surface area (Å²) in [6.07, 6.45) is 1.04. The number of carbonyl (C=O) groups is 1. The molecule has 0 spiro atoms. The number of hydrogen-bond acceptors (Lipinski definition) is 6. The molecule has 1 saturated heterocycles. The summed E-state index contributed by atoms with van der Waals surface area (Å²) in [6.45, 7) is 7.19. The number of ether oxygens (including phenoxy) is 1. The van der Waals surface area contributed by atoms with E-state index >= 15 is 0 Å². The molecule has 2 heterocycles. The molecule has 0 unspecified atom stereocenters. The van der Waals surface area contributed by atoms with Crippen LogP contribution in [0.25, 0.3) is 0 Å². The number of nitrogens with zero attached hydrogens (tertiary/aromatic N) is 5. The number of amides is 1. The van der Waals surface area contributed by atoms with Crippen LogP contribution in [0.15, 0.2) is 23.3 Å². The van der Waals surface area contributed by atoms with Gasteiger partial charge in [0.05, 0.1) is 4.92 Å². The molecule has 2 N–H and O–H groups in total. The van der Waals surface area contributed by atoms with Crippen LogP contribution in [-0.2, 0) is 4.74 Å². The van der Waals surface area contributed by atoms with E-state index in [4.69, 9.17) is 10.5 Å². The lowest BCUT2D eigenvalue weighted by Crippen LogP contribution is -2.53. The van der Waals surface area contributed by atoms with E-state index in [1.807, 2.05) is 20.8 Å². The third-order valence-electron chi connectivity index (χ3n) is 3.44. The van der Waals surface area contributed by atoms with Gasteiger partial charge in [0.2, 0.25) is 5.82 Å². The molecule has 10 nitrogen and oxygen atoms in total. The second-order valence-corrected chi connectivity index (χ2v) is 6.53. The van der Waals surface area contributed by atoms with Gasteiger partial charge in [-0.15, -0.1) is 0 Å². The lowest BCUT2D eigenvalue weighted by atomic mass is 10.2. The Bertz CT molecular complexity index is 677. The first-order valence-corrected chi connectivity index (χ1v) is 7.84. The van der Waals surface area contributed by atoms with Gasteiger partial charge in [-0.05, 0) is 26.8 Å². The average Bonchev–Trinajstić information content (AvgIpc) is 2.53. The van der Waals surface area contributed by atoms with Crippen molar-refractivity contribution in [1.82, 2.24) is 14.8 Å². The Kier molecular flexibility index (Phi) is 5.40. The predicted octanol–water partition coefficient (Wildman–Crippen LogP) is 1.49. The molecule has 0 aliphatic carbocycles. The van der Waals surface area contributed by atoms with Gasteiger partial charge in [0.25, 0.3) is 0 Å². The number of piperazine rings is 1. The van der Waals surface area contributed by atoms with E-state index < -0.39 is 10.5 Å². The Hall–Kier alpha value is -2.91. The van der Waals surface area contributed by atoms with Gasteiger partial charge in [0.15, 0.2) is 5.96 Å². The molecule has 1 aromatic heterocycles. The highest BCUT2D eigenvalue weighted by atomic mass is 16.6. The average molecular weight is 350 g/mol. The summed E-state index contributed by atoms with van der Waals surface area (Å²) in [5.74, 6) is 0.0882. The summed E-state index contributed by atoms with van der Waals surface area (Å²) in [5, 5.41) is 11.0. The Morgan fingerprint density at radius 1 is 1.32 bits per heavy atom. The number of pyridine rings is 1. The first-order valence-electron chi connectivity index (χ1n) is 7.84. The Morgan fingerprint density at radius 2 is 1.92 bits per heavy atom. The minimum absolute atomic E-state index is 0.0421. The lowest BCUT2D eigenvalue weighted by molar-refractivity contribution is -0.384. The van der Waals surface area contributed by atoms with E-state index in [1.165, 1.54) is 18.3 Å². The lowest BCUT2D eigenvalue weighted by Gasteiger charge is -2.35. The van der Waals surface area contributed by atoms with Crippen molar-refractivity contribution in [2.45, 2.75) is 26.4 Å². The van der Waals surface area contributed by atoms with E-state index in [1.54, 1.807) is 9.80 Å². The first kappa shape index (κ1) is 18.4. The van der Waals surface area contributed by atoms with Crippen molar-refractivity contribution in [1.29, 1.82) is 0 Å². The number of nitro groups is 1. The molecule has 136 valence electrons. The van der Waals surface area contributed by atoms with Gasteiger partial charge in [-0.3, -0.25) is 10.1 Å². The van der Waals surface area contributed by atoms with Gasteiger partial charge in [-0.2, -0.15) is 4.99 Å². The monoisotopic (exact) mass is 350 g/mol. The molecule has 1 fully saturated rings. The van der Waals surface area contributed by atoms with Crippen LogP contribution in [0, 0.1) is 10.1 Å². The van der Waals surface area contributed by atoms with Crippen molar-refractivity contribution < 1.29 is 14.5 Å². The fourth-order valence-electron chi connectivity index (χ4n) is 2.24. The summed E-state index contributed by atoms with van der Waals surface area (Å²) in [4.78, 5) is 33.8. The molecule has 0 atom stereocenters. The number of hydrogen-bond donors (Lipinski definition) is 1. The highest BCUT2D eigenvalue weighted by Crippen LogP contribution is 2.23. The molecule has 1 amide bonds. The third-order valence-corrected chi connectivity index (χ3v) is 3.44. The van der Waals surface area contributed by atoms with E-state index in [0.29, 0.717) is 26.2 Å². The molecule has 0 saturated carbocycles. The fraction of sp³-hybridized carbons (Fsp3) is 0.533. The smallest absolute Gasteiger partial charge is 0.410 e. The zero-order valence-electron chi connectivity index (χ0n) is 14.5. The first-order chi connectivity index (χ1) is 11.7. The van der Waals surface area contributed by atoms with E-state index in [2.05, 4.69) is 9.98 Å². The number of guanidine groups is 1. The molecule has 1 aromatic rings. The second-order valence-electron chi connectivity index (χ2n) is 6.53. The maximum Gasteiger partial charge on any atom is 0.410 e. The van der Waals surface area contributed by atoms with Crippen LogP contribution in [0.5, 0.6) is 0 Å². The van der Waals surface area contributed by atoms with Crippen LogP contribution in [0.3, 0.4) is 0 Å². The van der Waals surface area contributed by atoms with Gasteiger partial charge < -0.3 is 20.3 Å². The van der Waals surface area contributed by atoms with Crippen LogP contribution in [0.4, 0.5) is 16.3 Å². The van der Waals surface area contributed by atoms with Gasteiger partial charge >= 0.3 is 11.8 Å². The van der Waals surface area contributed by atoms with Crippen molar-refractivity contribution in [3.8, 4) is 0 Å². The number of aromatic nitrogens is 1. The van der Waals surface area contributed by atoms with Crippen molar-refractivity contribution in [2.75, 3.05) is 26.2 Å². The van der Waals surface area contributed by atoms with Crippen LogP contribution in [0.2, 0.25) is 0 Å². The minimum atomic E-state index is -0.556. The zero-order valence-corrected chi connectivity index (χ0v) is 14.5. The molecule has 1 aliphatic rings. The number of aliphatic imine (C=N–C) groups is 1. The van der Waals surface area contributed by atoms with Gasteiger partial charge in [0, 0.05) is 38.4 Å². The van der Waals surface area contributed by atoms with Gasteiger partial charge in [0.1, 0.15) is 5.60 Å². The maximum absolute atomic E-state index is 12.0. The summed E-state index contributed by atoms with van der Waals surface area (Å²) in [7, 11) is 0. The molecule has 0 aromatic carbocycles. The van der Waals surface area contributed by atoms with Crippen molar-refractivity contribution >= 4 is 23.6 Å². The zero-order chi connectivity index (χ0) is 18.6. The largest absolute Gasteiger partial charge is 0.444 e. The number of nitrogens with two attached hydrogens (primary N) is 1. The van der Waals surface area contributed by atoms with E-state index in [0.717, 1.165) is 0 Å². The van der Waals surface area contributed by atoms with Crippen LogP contribution >= 0.6 is 0 Å². The highest BCUT2D eigenvalue weighted by Gasteiger charge is 2.26. The van der Waals surface area contributed by atoms with Crippen LogP contribution in [0.1, 0.15) is 20.8 Å². The predicted molar refractivity (Wildman–Crippen MR) is 91.6 cm³/mol. The molecule has 2 rings (SSSR count). The fourth-order valence-corrected chi connectivity index (χ4v) is 2.24. The summed E-state index contributed by atoms with van der Waals surface area (Å²) in [5.41, 5.74) is 5.19. The number of carbonyl (C=O) groups excluding carboxylic acids is 1. The molecule has 25 heavy (non-hydrogen) atoms. The summed E-state index contributed by atoms with van der Waals surface area (Å²) < 4.78 is 5.33. The summed E-state index contributed by atoms with van der Waals surface area (Å²) >= 11 is 0. The quantitative estimate of drug-likeness (QED) is 0.370. The Balaban J connectivity index is 2.01. The minimum Gasteiger partial charge on any atom is -0.444 e. The van der Waals surface area contributed by atoms with Crippen molar-refractivity contribution in [3.05, 3.63) is 28.4 Å². The number of rotatable bonds is 2.